The largest absolute Gasteiger partial charge is 0.573 e. The Bertz CT molecular complexity index is 894. The molecule has 3 aromatic rings. The number of hydrogen-bond donors (Lipinski definition) is 0. The van der Waals surface area contributed by atoms with Crippen molar-refractivity contribution in [3.63, 3.8) is 0 Å². The van der Waals surface area contributed by atoms with Crippen molar-refractivity contribution in [3.8, 4) is 33.9 Å². The van der Waals surface area contributed by atoms with Gasteiger partial charge in [-0.05, 0) is 47.5 Å². The molecule has 0 saturated carbocycles. The summed E-state index contributed by atoms with van der Waals surface area (Å²) in [5.41, 5.74) is 1.62. The highest BCUT2D eigenvalue weighted by molar-refractivity contribution is 5.71. The number of aromatic nitrogens is 1. The van der Waals surface area contributed by atoms with Crippen LogP contribution in [0, 0.1) is 0 Å². The monoisotopic (exact) mass is 399 g/mol. The molecule has 1 aromatic heterocycles. The summed E-state index contributed by atoms with van der Waals surface area (Å²) in [7, 11) is 0. The van der Waals surface area contributed by atoms with Crippen LogP contribution in [0.3, 0.4) is 0 Å². The maximum atomic E-state index is 12.4. The van der Waals surface area contributed by atoms with Crippen molar-refractivity contribution in [1.82, 2.24) is 4.98 Å². The minimum Gasteiger partial charge on any atom is -0.406 e. The van der Waals surface area contributed by atoms with E-state index in [0.717, 1.165) is 12.1 Å². The van der Waals surface area contributed by atoms with Gasteiger partial charge in [-0.3, -0.25) is 4.98 Å². The van der Waals surface area contributed by atoms with E-state index in [1.54, 1.807) is 24.3 Å². The summed E-state index contributed by atoms with van der Waals surface area (Å²) >= 11 is 0. The van der Waals surface area contributed by atoms with E-state index < -0.39 is 18.5 Å². The van der Waals surface area contributed by atoms with E-state index in [0.29, 0.717) is 22.4 Å². The molecular formula is C19H11F6NO2. The zero-order valence-corrected chi connectivity index (χ0v) is 13.9. The van der Waals surface area contributed by atoms with Crippen molar-refractivity contribution in [2.45, 2.75) is 12.7 Å². The average Bonchev–Trinajstić information content (AvgIpc) is 2.59. The third-order valence-electron chi connectivity index (χ3n) is 3.52. The molecule has 9 heteroatoms. The highest BCUT2D eigenvalue weighted by Gasteiger charge is 2.31. The lowest BCUT2D eigenvalue weighted by molar-refractivity contribution is -0.275. The van der Waals surface area contributed by atoms with E-state index in [1.165, 1.54) is 30.5 Å². The first kappa shape index (κ1) is 19.5. The second-order valence-electron chi connectivity index (χ2n) is 5.58. The van der Waals surface area contributed by atoms with Crippen LogP contribution in [0.15, 0.2) is 66.9 Å². The van der Waals surface area contributed by atoms with E-state index in [9.17, 15) is 26.3 Å². The fourth-order valence-electron chi connectivity index (χ4n) is 2.49. The Labute approximate surface area is 155 Å². The number of halogens is 6. The Morgan fingerprint density at radius 1 is 0.607 bits per heavy atom. The zero-order chi connectivity index (χ0) is 20.4. The van der Waals surface area contributed by atoms with Gasteiger partial charge in [-0.2, -0.15) is 0 Å². The molecule has 146 valence electrons. The molecule has 1 heterocycles. The SMILES string of the molecule is FC(F)(F)Oc1cccc(-c2ccnc(-c3cccc(OC(F)(F)F)c3)c2)c1. The molecule has 2 aromatic carbocycles. The molecule has 0 aliphatic carbocycles. The molecule has 0 fully saturated rings. The lowest BCUT2D eigenvalue weighted by Crippen LogP contribution is -2.17. The van der Waals surface area contributed by atoms with Gasteiger partial charge in [-0.1, -0.05) is 24.3 Å². The van der Waals surface area contributed by atoms with Gasteiger partial charge in [0.25, 0.3) is 0 Å². The topological polar surface area (TPSA) is 31.4 Å². The van der Waals surface area contributed by atoms with Gasteiger partial charge in [-0.15, -0.1) is 26.3 Å². The first-order valence-electron chi connectivity index (χ1n) is 7.77. The van der Waals surface area contributed by atoms with Gasteiger partial charge in [-0.25, -0.2) is 0 Å². The maximum absolute atomic E-state index is 12.4. The Balaban J connectivity index is 1.91. The first-order valence-corrected chi connectivity index (χ1v) is 7.77. The molecule has 3 nitrogen and oxygen atoms in total. The predicted molar refractivity (Wildman–Crippen MR) is 88.5 cm³/mol. The van der Waals surface area contributed by atoms with Crippen LogP contribution in [0.4, 0.5) is 26.3 Å². The van der Waals surface area contributed by atoms with Gasteiger partial charge in [0, 0.05) is 11.8 Å². The van der Waals surface area contributed by atoms with Crippen molar-refractivity contribution in [2.24, 2.45) is 0 Å². The standard InChI is InChI=1S/C19H11F6NO2/c20-18(21,22)27-15-5-1-3-12(9-15)13-7-8-26-17(11-13)14-4-2-6-16(10-14)28-19(23,24)25/h1-11H. The second kappa shape index (κ2) is 7.41. The highest BCUT2D eigenvalue weighted by Crippen LogP contribution is 2.31. The molecular weight excluding hydrogens is 388 g/mol. The van der Waals surface area contributed by atoms with Gasteiger partial charge in [0.1, 0.15) is 11.5 Å². The fourth-order valence-corrected chi connectivity index (χ4v) is 2.49. The highest BCUT2D eigenvalue weighted by atomic mass is 19.4. The minimum absolute atomic E-state index is 0.326. The maximum Gasteiger partial charge on any atom is 0.573 e. The normalized spacial score (nSPS) is 11.9. The van der Waals surface area contributed by atoms with Gasteiger partial charge < -0.3 is 9.47 Å². The summed E-state index contributed by atoms with van der Waals surface area (Å²) in [6.07, 6.45) is -8.24. The molecule has 0 aliphatic heterocycles. The Kier molecular flexibility index (Phi) is 5.17. The van der Waals surface area contributed by atoms with E-state index in [2.05, 4.69) is 14.5 Å². The molecule has 3 rings (SSSR count). The van der Waals surface area contributed by atoms with Crippen LogP contribution in [0.25, 0.3) is 22.4 Å². The molecule has 0 unspecified atom stereocenters. The second-order valence-corrected chi connectivity index (χ2v) is 5.58. The molecule has 0 atom stereocenters. The van der Waals surface area contributed by atoms with Crippen LogP contribution in [-0.2, 0) is 0 Å². The van der Waals surface area contributed by atoms with Gasteiger partial charge >= 0.3 is 12.7 Å². The van der Waals surface area contributed by atoms with Crippen molar-refractivity contribution in [1.29, 1.82) is 0 Å². The van der Waals surface area contributed by atoms with Crippen LogP contribution in [-0.4, -0.2) is 17.7 Å². The van der Waals surface area contributed by atoms with Crippen LogP contribution >= 0.6 is 0 Å². The van der Waals surface area contributed by atoms with Gasteiger partial charge in [0.05, 0.1) is 5.69 Å². The summed E-state index contributed by atoms with van der Waals surface area (Å²) in [6, 6.07) is 13.7. The first-order chi connectivity index (χ1) is 13.1. The summed E-state index contributed by atoms with van der Waals surface area (Å²) in [4.78, 5) is 4.11. The number of benzene rings is 2. The number of nitrogens with zero attached hydrogens (tertiary/aromatic N) is 1. The number of hydrogen-bond acceptors (Lipinski definition) is 3. The third-order valence-corrected chi connectivity index (χ3v) is 3.52. The molecule has 0 aliphatic rings. The van der Waals surface area contributed by atoms with Crippen LogP contribution in [0.2, 0.25) is 0 Å². The predicted octanol–water partition coefficient (Wildman–Crippen LogP) is 6.21. The molecule has 0 bridgehead atoms. The average molecular weight is 399 g/mol. The van der Waals surface area contributed by atoms with E-state index >= 15 is 0 Å². The van der Waals surface area contributed by atoms with Gasteiger partial charge in [0.15, 0.2) is 0 Å². The Hall–Kier alpha value is -3.23. The molecule has 28 heavy (non-hydrogen) atoms. The van der Waals surface area contributed by atoms with Crippen molar-refractivity contribution >= 4 is 0 Å². The van der Waals surface area contributed by atoms with Crippen LogP contribution in [0.5, 0.6) is 11.5 Å². The number of alkyl halides is 6. The Morgan fingerprint density at radius 3 is 1.68 bits per heavy atom. The molecule has 0 spiro atoms. The number of pyridine rings is 1. The summed E-state index contributed by atoms with van der Waals surface area (Å²) < 4.78 is 82.1. The van der Waals surface area contributed by atoms with Crippen LogP contribution in [0.1, 0.15) is 0 Å². The van der Waals surface area contributed by atoms with E-state index in [4.69, 9.17) is 0 Å². The molecule has 0 saturated heterocycles. The summed E-state index contributed by atoms with van der Waals surface area (Å²) in [5, 5.41) is 0. The lowest BCUT2D eigenvalue weighted by atomic mass is 10.0. The fraction of sp³-hybridized carbons (Fsp3) is 0.105. The molecule has 0 N–H and O–H groups in total. The molecule has 0 amide bonds. The van der Waals surface area contributed by atoms with Crippen molar-refractivity contribution in [2.75, 3.05) is 0 Å². The Morgan fingerprint density at radius 2 is 1.11 bits per heavy atom. The number of rotatable bonds is 4. The van der Waals surface area contributed by atoms with E-state index in [1.807, 2.05) is 0 Å². The summed E-state index contributed by atoms with van der Waals surface area (Å²) in [6.45, 7) is 0. The minimum atomic E-state index is -4.83. The zero-order valence-electron chi connectivity index (χ0n) is 13.9. The lowest BCUT2D eigenvalue weighted by Gasteiger charge is -2.11. The quantitative estimate of drug-likeness (QED) is 0.489. The smallest absolute Gasteiger partial charge is 0.406 e. The number of ether oxygens (including phenoxy) is 2. The third kappa shape index (κ3) is 5.38. The summed E-state index contributed by atoms with van der Waals surface area (Å²) in [5.74, 6) is -0.790. The van der Waals surface area contributed by atoms with Crippen LogP contribution < -0.4 is 9.47 Å². The van der Waals surface area contributed by atoms with Gasteiger partial charge in [0.2, 0.25) is 0 Å². The van der Waals surface area contributed by atoms with Crippen molar-refractivity contribution < 1.29 is 35.8 Å². The van der Waals surface area contributed by atoms with E-state index in [-0.39, 0.29) is 5.75 Å². The van der Waals surface area contributed by atoms with Crippen molar-refractivity contribution in [3.05, 3.63) is 66.9 Å². The molecule has 0 radical (unpaired) electrons.